The summed E-state index contributed by atoms with van der Waals surface area (Å²) in [6.07, 6.45) is 1.45. The molecule has 2 aromatic rings. The van der Waals surface area contributed by atoms with Gasteiger partial charge in [-0.2, -0.15) is 0 Å². The highest BCUT2D eigenvalue weighted by Gasteiger charge is 2.18. The van der Waals surface area contributed by atoms with Gasteiger partial charge in [0, 0.05) is 22.5 Å². The molecule has 0 aliphatic heterocycles. The molecule has 1 N–H and O–H groups in total. The van der Waals surface area contributed by atoms with Gasteiger partial charge in [-0.3, -0.25) is 4.99 Å². The van der Waals surface area contributed by atoms with Crippen molar-refractivity contribution in [3.63, 3.8) is 0 Å². The molecule has 0 saturated carbocycles. The highest BCUT2D eigenvalue weighted by molar-refractivity contribution is 7.80. The fourth-order valence-electron chi connectivity index (χ4n) is 1.77. The summed E-state index contributed by atoms with van der Waals surface area (Å²) in [7, 11) is 2.90. The van der Waals surface area contributed by atoms with Crippen molar-refractivity contribution in [2.75, 3.05) is 14.2 Å². The van der Waals surface area contributed by atoms with E-state index in [0.717, 1.165) is 10.9 Å². The number of nitrogens with one attached hydrogen (secondary N) is 1. The van der Waals surface area contributed by atoms with Crippen LogP contribution in [0.4, 0.5) is 5.69 Å². The van der Waals surface area contributed by atoms with Crippen LogP contribution in [-0.2, 0) is 4.74 Å². The number of methoxy groups -OCH3 is 2. The lowest BCUT2D eigenvalue weighted by Gasteiger charge is -1.99. The van der Waals surface area contributed by atoms with Crippen molar-refractivity contribution in [2.24, 2.45) is 4.99 Å². The molecule has 0 spiro atoms. The van der Waals surface area contributed by atoms with Gasteiger partial charge in [-0.05, 0) is 18.2 Å². The predicted molar refractivity (Wildman–Crippen MR) is 78.0 cm³/mol. The van der Waals surface area contributed by atoms with E-state index < -0.39 is 5.97 Å². The molecule has 0 saturated heterocycles. The van der Waals surface area contributed by atoms with Gasteiger partial charge in [0.05, 0.1) is 14.2 Å². The number of rotatable bonds is 4. The minimum atomic E-state index is -0.480. The number of carbonyl (C=O) groups is 1. The molecule has 0 atom stereocenters. The summed E-state index contributed by atoms with van der Waals surface area (Å²) in [6, 6.07) is 5.41. The van der Waals surface area contributed by atoms with Crippen molar-refractivity contribution in [1.29, 1.82) is 0 Å². The van der Waals surface area contributed by atoms with E-state index >= 15 is 0 Å². The standard InChI is InChI=1S/C13H12N2O3S/c1-17-8-3-4-10-9(7-8)11(14-5-6-19)12(15-10)13(16)18-2/h3-7,15H,1-2H3. The van der Waals surface area contributed by atoms with Crippen LogP contribution in [0.5, 0.6) is 5.75 Å². The van der Waals surface area contributed by atoms with E-state index in [9.17, 15) is 4.79 Å². The lowest BCUT2D eigenvalue weighted by molar-refractivity contribution is 0.0596. The highest BCUT2D eigenvalue weighted by atomic mass is 32.1. The fraction of sp³-hybridized carbons (Fsp3) is 0.154. The summed E-state index contributed by atoms with van der Waals surface area (Å²) >= 11 is 4.71. The molecule has 1 aromatic heterocycles. The Morgan fingerprint density at radius 1 is 1.42 bits per heavy atom. The quantitative estimate of drug-likeness (QED) is 0.530. The number of aromatic amines is 1. The van der Waals surface area contributed by atoms with Gasteiger partial charge in [0.15, 0.2) is 5.69 Å². The molecule has 0 fully saturated rings. The predicted octanol–water partition coefficient (Wildman–Crippen LogP) is 2.67. The smallest absolute Gasteiger partial charge is 0.356 e. The molecule has 0 unspecified atom stereocenters. The summed E-state index contributed by atoms with van der Waals surface area (Å²) in [5, 5.41) is 2.15. The first-order valence-electron chi connectivity index (χ1n) is 5.47. The van der Waals surface area contributed by atoms with Gasteiger partial charge in [-0.15, -0.1) is 0 Å². The Kier molecular flexibility index (Phi) is 3.91. The van der Waals surface area contributed by atoms with E-state index in [1.807, 2.05) is 6.07 Å². The van der Waals surface area contributed by atoms with Crippen LogP contribution >= 0.6 is 12.2 Å². The van der Waals surface area contributed by atoms with Crippen LogP contribution in [0, 0.1) is 0 Å². The first-order valence-corrected chi connectivity index (χ1v) is 5.94. The minimum Gasteiger partial charge on any atom is -0.497 e. The molecule has 0 amide bonds. The third kappa shape index (κ3) is 2.48. The summed E-state index contributed by atoms with van der Waals surface area (Å²) in [4.78, 5) is 18.9. The monoisotopic (exact) mass is 276 g/mol. The maximum atomic E-state index is 11.7. The Morgan fingerprint density at radius 3 is 2.84 bits per heavy atom. The zero-order valence-electron chi connectivity index (χ0n) is 10.5. The second kappa shape index (κ2) is 5.62. The average molecular weight is 276 g/mol. The summed E-state index contributed by atoms with van der Waals surface area (Å²) in [5.74, 6) is 0.202. The van der Waals surface area contributed by atoms with Crippen LogP contribution in [0.2, 0.25) is 0 Å². The number of hydrogen-bond donors (Lipinski definition) is 1. The molecule has 6 heteroatoms. The molecule has 0 bridgehead atoms. The number of carbonyl (C=O) groups excluding carboxylic acids is 1. The van der Waals surface area contributed by atoms with E-state index in [1.165, 1.54) is 18.7 Å². The SMILES string of the molecule is COC(=O)c1[nH]c2ccc(OC)cc2c1N=CC=S. The second-order valence-electron chi connectivity index (χ2n) is 3.67. The molecule has 0 radical (unpaired) electrons. The average Bonchev–Trinajstić information content (AvgIpc) is 2.81. The number of aliphatic imine (C=N–C) groups is 1. The first-order chi connectivity index (χ1) is 9.21. The number of benzene rings is 1. The number of hydrogen-bond acceptors (Lipinski definition) is 5. The van der Waals surface area contributed by atoms with Gasteiger partial charge in [-0.25, -0.2) is 4.79 Å². The van der Waals surface area contributed by atoms with Gasteiger partial charge < -0.3 is 14.5 Å². The van der Waals surface area contributed by atoms with Gasteiger partial charge >= 0.3 is 5.97 Å². The normalized spacial score (nSPS) is 10.8. The molecule has 2 rings (SSSR count). The van der Waals surface area contributed by atoms with Crippen LogP contribution < -0.4 is 4.74 Å². The van der Waals surface area contributed by atoms with E-state index in [4.69, 9.17) is 21.7 Å². The molecular weight excluding hydrogens is 264 g/mol. The van der Waals surface area contributed by atoms with Crippen molar-refractivity contribution in [2.45, 2.75) is 0 Å². The maximum absolute atomic E-state index is 11.7. The van der Waals surface area contributed by atoms with E-state index in [1.54, 1.807) is 19.2 Å². The van der Waals surface area contributed by atoms with E-state index in [2.05, 4.69) is 9.98 Å². The van der Waals surface area contributed by atoms with Gasteiger partial charge in [0.2, 0.25) is 0 Å². The van der Waals surface area contributed by atoms with Crippen LogP contribution in [0.1, 0.15) is 10.5 Å². The first kappa shape index (κ1) is 13.2. The lowest BCUT2D eigenvalue weighted by atomic mass is 10.2. The van der Waals surface area contributed by atoms with Crippen molar-refractivity contribution in [3.8, 4) is 5.75 Å². The lowest BCUT2D eigenvalue weighted by Crippen LogP contribution is -2.01. The van der Waals surface area contributed by atoms with E-state index in [0.29, 0.717) is 17.1 Å². The molecule has 98 valence electrons. The molecular formula is C13H12N2O3S. The zero-order chi connectivity index (χ0) is 13.8. The third-order valence-corrected chi connectivity index (χ3v) is 2.75. The summed E-state index contributed by atoms with van der Waals surface area (Å²) in [5.41, 5.74) is 1.55. The van der Waals surface area contributed by atoms with Crippen LogP contribution in [-0.4, -0.2) is 36.8 Å². The number of thiocarbonyl (C=S) groups is 1. The Bertz CT molecular complexity index is 661. The molecule has 5 nitrogen and oxygen atoms in total. The van der Waals surface area contributed by atoms with Crippen LogP contribution in [0.3, 0.4) is 0 Å². The van der Waals surface area contributed by atoms with Gasteiger partial charge in [-0.1, -0.05) is 12.2 Å². The zero-order valence-corrected chi connectivity index (χ0v) is 11.3. The van der Waals surface area contributed by atoms with Crippen molar-refractivity contribution in [3.05, 3.63) is 23.9 Å². The number of esters is 1. The molecule has 0 aliphatic carbocycles. The Labute approximate surface area is 115 Å². The maximum Gasteiger partial charge on any atom is 0.356 e. The highest BCUT2D eigenvalue weighted by Crippen LogP contribution is 2.33. The van der Waals surface area contributed by atoms with Crippen LogP contribution in [0.25, 0.3) is 10.9 Å². The number of nitrogens with zero attached hydrogens (tertiary/aromatic N) is 1. The van der Waals surface area contributed by atoms with Gasteiger partial charge in [0.1, 0.15) is 11.4 Å². The Hall–Kier alpha value is -2.21. The molecule has 0 aliphatic rings. The Morgan fingerprint density at radius 2 is 2.21 bits per heavy atom. The van der Waals surface area contributed by atoms with Crippen LogP contribution in [0.15, 0.2) is 23.2 Å². The summed E-state index contributed by atoms with van der Waals surface area (Å²) in [6.45, 7) is 0. The molecule has 1 aromatic carbocycles. The topological polar surface area (TPSA) is 63.7 Å². The van der Waals surface area contributed by atoms with Crippen molar-refractivity contribution in [1.82, 2.24) is 4.98 Å². The number of ether oxygens (including phenoxy) is 2. The Balaban J connectivity index is 2.70. The van der Waals surface area contributed by atoms with E-state index in [-0.39, 0.29) is 0 Å². The minimum absolute atomic E-state index is 0.291. The number of H-pyrrole nitrogens is 1. The fourth-order valence-corrected chi connectivity index (χ4v) is 1.83. The number of fused-ring (bicyclic) bond motifs is 1. The second-order valence-corrected chi connectivity index (χ2v) is 3.94. The molecule has 1 heterocycles. The van der Waals surface area contributed by atoms with Crippen molar-refractivity contribution < 1.29 is 14.3 Å². The number of aromatic nitrogens is 1. The van der Waals surface area contributed by atoms with Crippen molar-refractivity contribution >= 4 is 46.4 Å². The largest absolute Gasteiger partial charge is 0.497 e. The molecule has 19 heavy (non-hydrogen) atoms. The summed E-state index contributed by atoms with van der Waals surface area (Å²) < 4.78 is 9.90. The van der Waals surface area contributed by atoms with Gasteiger partial charge in [0.25, 0.3) is 0 Å². The third-order valence-electron chi connectivity index (χ3n) is 2.63.